The predicted octanol–water partition coefficient (Wildman–Crippen LogP) is 3.47. The number of nitro benzene ring substituents is 1. The lowest BCUT2D eigenvalue weighted by Crippen LogP contribution is -2.56. The van der Waals surface area contributed by atoms with Gasteiger partial charge in [0.1, 0.15) is 6.04 Å². The SMILES string of the molecule is CCOC(=O)C1(c2ccccc2)CCN(CCCN(C=O)N2C(=O)NC(C)=C(C(=O)OC)C2c2ccc([N+](=O)[O-])cc2)CC1. The van der Waals surface area contributed by atoms with Gasteiger partial charge in [0.25, 0.3) is 5.69 Å². The topological polar surface area (TPSA) is 152 Å². The number of carbonyl (C=O) groups excluding carboxylic acids is 4. The van der Waals surface area contributed by atoms with E-state index in [9.17, 15) is 29.3 Å². The Morgan fingerprint density at radius 2 is 1.80 bits per heavy atom. The fourth-order valence-electron chi connectivity index (χ4n) is 5.92. The molecule has 1 fully saturated rings. The summed E-state index contributed by atoms with van der Waals surface area (Å²) in [4.78, 5) is 64.5. The number of urea groups is 1. The Hall–Kier alpha value is -4.78. The molecule has 13 nitrogen and oxygen atoms in total. The maximum atomic E-state index is 13.3. The number of piperidine rings is 1. The summed E-state index contributed by atoms with van der Waals surface area (Å²) in [5.74, 6) is -0.936. The molecule has 2 heterocycles. The maximum absolute atomic E-state index is 13.3. The molecule has 3 amide bonds. The van der Waals surface area contributed by atoms with Gasteiger partial charge >= 0.3 is 18.0 Å². The lowest BCUT2D eigenvalue weighted by atomic mass is 9.72. The summed E-state index contributed by atoms with van der Waals surface area (Å²) in [7, 11) is 1.21. The van der Waals surface area contributed by atoms with Crippen LogP contribution in [0, 0.1) is 10.1 Å². The highest BCUT2D eigenvalue weighted by atomic mass is 16.6. The number of nitro groups is 1. The highest BCUT2D eigenvalue weighted by Gasteiger charge is 2.44. The minimum atomic E-state index is -1.06. The number of carbonyl (C=O) groups is 4. The number of esters is 2. The number of amides is 3. The van der Waals surface area contributed by atoms with Crippen molar-refractivity contribution in [1.82, 2.24) is 20.2 Å². The first kappa shape index (κ1) is 32.1. The Kier molecular flexibility index (Phi) is 10.3. The Labute approximate surface area is 255 Å². The number of hydrogen-bond acceptors (Lipinski definition) is 9. The smallest absolute Gasteiger partial charge is 0.341 e. The predicted molar refractivity (Wildman–Crippen MR) is 159 cm³/mol. The molecule has 234 valence electrons. The largest absolute Gasteiger partial charge is 0.466 e. The van der Waals surface area contributed by atoms with E-state index in [2.05, 4.69) is 10.2 Å². The van der Waals surface area contributed by atoms with Crippen LogP contribution in [-0.2, 0) is 29.3 Å². The van der Waals surface area contributed by atoms with Crippen LogP contribution in [-0.4, -0.2) is 84.1 Å². The van der Waals surface area contributed by atoms with Gasteiger partial charge in [0.05, 0.1) is 29.6 Å². The molecule has 0 radical (unpaired) electrons. The van der Waals surface area contributed by atoms with E-state index >= 15 is 0 Å². The molecule has 13 heteroatoms. The maximum Gasteiger partial charge on any atom is 0.341 e. The molecule has 0 saturated carbocycles. The highest BCUT2D eigenvalue weighted by Crippen LogP contribution is 2.38. The summed E-state index contributed by atoms with van der Waals surface area (Å²) in [6.45, 7) is 5.66. The van der Waals surface area contributed by atoms with Crippen molar-refractivity contribution < 1.29 is 33.6 Å². The molecule has 44 heavy (non-hydrogen) atoms. The van der Waals surface area contributed by atoms with Gasteiger partial charge < -0.3 is 19.7 Å². The van der Waals surface area contributed by atoms with Crippen molar-refractivity contribution in [3.63, 3.8) is 0 Å². The Bertz CT molecular complexity index is 1400. The standard InChI is InChI=1S/C31H37N5O8/c1-4-44-29(39)31(24-9-6-5-7-10-24)15-19-33(20-16-31)17-8-18-34(21-37)35-27(23-11-13-25(14-12-23)36(41)42)26(28(38)43-3)22(2)32-30(35)40/h5-7,9-14,21,27H,4,8,15-20H2,1-3H3,(H,32,40). The number of nitrogens with one attached hydrogen (secondary N) is 1. The first-order valence-corrected chi connectivity index (χ1v) is 14.5. The number of allylic oxidation sites excluding steroid dienone is 1. The monoisotopic (exact) mass is 607 g/mol. The molecule has 1 N–H and O–H groups in total. The van der Waals surface area contributed by atoms with Gasteiger partial charge in [0.15, 0.2) is 0 Å². The van der Waals surface area contributed by atoms with Crippen molar-refractivity contribution >= 4 is 30.1 Å². The molecule has 1 atom stereocenters. The van der Waals surface area contributed by atoms with Crippen LogP contribution >= 0.6 is 0 Å². The third-order valence-electron chi connectivity index (χ3n) is 8.21. The first-order valence-electron chi connectivity index (χ1n) is 14.5. The number of likely N-dealkylation sites (tertiary alicyclic amines) is 1. The van der Waals surface area contributed by atoms with Gasteiger partial charge in [-0.15, -0.1) is 0 Å². The normalized spacial score (nSPS) is 18.3. The quantitative estimate of drug-likeness (QED) is 0.165. The minimum Gasteiger partial charge on any atom is -0.466 e. The van der Waals surface area contributed by atoms with E-state index in [1.807, 2.05) is 30.3 Å². The molecule has 2 aliphatic rings. The van der Waals surface area contributed by atoms with E-state index in [1.54, 1.807) is 13.8 Å². The Morgan fingerprint density at radius 1 is 1.14 bits per heavy atom. The van der Waals surface area contributed by atoms with Gasteiger partial charge in [-0.3, -0.25) is 24.7 Å². The minimum absolute atomic E-state index is 0.0973. The molecule has 4 rings (SSSR count). The summed E-state index contributed by atoms with van der Waals surface area (Å²) in [5.41, 5.74) is 0.798. The number of benzene rings is 2. The summed E-state index contributed by atoms with van der Waals surface area (Å²) in [5, 5.41) is 16.2. The number of hydrazine groups is 1. The van der Waals surface area contributed by atoms with Crippen LogP contribution in [0.15, 0.2) is 65.9 Å². The second-order valence-electron chi connectivity index (χ2n) is 10.7. The molecule has 2 aromatic carbocycles. The fraction of sp³-hybridized carbons (Fsp3) is 0.419. The summed E-state index contributed by atoms with van der Waals surface area (Å²) in [6, 6.07) is 13.4. The van der Waals surface area contributed by atoms with E-state index in [1.165, 1.54) is 36.4 Å². The van der Waals surface area contributed by atoms with Crippen molar-refractivity contribution in [2.24, 2.45) is 0 Å². The first-order chi connectivity index (χ1) is 21.2. The van der Waals surface area contributed by atoms with Crippen molar-refractivity contribution in [3.05, 3.63) is 87.1 Å². The molecule has 1 saturated heterocycles. The van der Waals surface area contributed by atoms with E-state index in [4.69, 9.17) is 9.47 Å². The molecule has 0 aromatic heterocycles. The van der Waals surface area contributed by atoms with Gasteiger partial charge in [-0.25, -0.2) is 14.6 Å². The molecular weight excluding hydrogens is 570 g/mol. The molecule has 0 spiro atoms. The number of methoxy groups -OCH3 is 1. The molecule has 0 bridgehead atoms. The van der Waals surface area contributed by atoms with Crippen molar-refractivity contribution in [2.75, 3.05) is 39.9 Å². The number of nitrogens with zero attached hydrogens (tertiary/aromatic N) is 4. The summed E-state index contributed by atoms with van der Waals surface area (Å²) < 4.78 is 10.5. The van der Waals surface area contributed by atoms with Crippen LogP contribution in [0.3, 0.4) is 0 Å². The van der Waals surface area contributed by atoms with Gasteiger partial charge in [-0.05, 0) is 76.0 Å². The van der Waals surface area contributed by atoms with Crippen molar-refractivity contribution in [3.8, 4) is 0 Å². The zero-order valence-corrected chi connectivity index (χ0v) is 25.1. The Balaban J connectivity index is 1.49. The second-order valence-corrected chi connectivity index (χ2v) is 10.7. The van der Waals surface area contributed by atoms with Crippen LogP contribution in [0.25, 0.3) is 0 Å². The molecule has 0 aliphatic carbocycles. The van der Waals surface area contributed by atoms with Gasteiger partial charge in [-0.1, -0.05) is 30.3 Å². The summed E-state index contributed by atoms with van der Waals surface area (Å²) in [6.07, 6.45) is 2.17. The molecule has 2 aromatic rings. The average Bonchev–Trinajstić information content (AvgIpc) is 3.03. The number of rotatable bonds is 12. The van der Waals surface area contributed by atoms with Crippen LogP contribution in [0.4, 0.5) is 10.5 Å². The third kappa shape index (κ3) is 6.57. The summed E-state index contributed by atoms with van der Waals surface area (Å²) >= 11 is 0. The van der Waals surface area contributed by atoms with Gasteiger partial charge in [-0.2, -0.15) is 0 Å². The zero-order chi connectivity index (χ0) is 31.9. The van der Waals surface area contributed by atoms with Crippen LogP contribution in [0.2, 0.25) is 0 Å². The number of non-ortho nitro benzene ring substituents is 1. The van der Waals surface area contributed by atoms with E-state index in [0.717, 1.165) is 10.6 Å². The second kappa shape index (κ2) is 14.1. The lowest BCUT2D eigenvalue weighted by Gasteiger charge is -2.42. The molecule has 1 unspecified atom stereocenters. The number of hydrogen-bond donors (Lipinski definition) is 1. The molecular formula is C31H37N5O8. The fourth-order valence-corrected chi connectivity index (χ4v) is 5.92. The van der Waals surface area contributed by atoms with E-state index in [0.29, 0.717) is 57.5 Å². The van der Waals surface area contributed by atoms with Crippen LogP contribution in [0.5, 0.6) is 0 Å². The van der Waals surface area contributed by atoms with E-state index < -0.39 is 28.4 Å². The average molecular weight is 608 g/mol. The van der Waals surface area contributed by atoms with Gasteiger partial charge in [0, 0.05) is 24.4 Å². The molecule has 2 aliphatic heterocycles. The van der Waals surface area contributed by atoms with Crippen LogP contribution in [0.1, 0.15) is 50.3 Å². The zero-order valence-electron chi connectivity index (χ0n) is 25.1. The lowest BCUT2D eigenvalue weighted by molar-refractivity contribution is -0.384. The third-order valence-corrected chi connectivity index (χ3v) is 8.21. The van der Waals surface area contributed by atoms with Crippen molar-refractivity contribution in [1.29, 1.82) is 0 Å². The number of ether oxygens (including phenoxy) is 2. The highest BCUT2D eigenvalue weighted by molar-refractivity contribution is 5.95. The van der Waals surface area contributed by atoms with Gasteiger partial charge in [0.2, 0.25) is 6.41 Å². The van der Waals surface area contributed by atoms with E-state index in [-0.39, 0.29) is 29.5 Å². The van der Waals surface area contributed by atoms with Crippen molar-refractivity contribution in [2.45, 2.75) is 44.6 Å². The van der Waals surface area contributed by atoms with Crippen LogP contribution < -0.4 is 5.32 Å². The Morgan fingerprint density at radius 3 is 2.36 bits per heavy atom.